The number of benzene rings is 1. The first-order valence-corrected chi connectivity index (χ1v) is 11.4. The van der Waals surface area contributed by atoms with Gasteiger partial charge >= 0.3 is 0 Å². The molecule has 0 saturated carbocycles. The van der Waals surface area contributed by atoms with E-state index >= 15 is 0 Å². The molecule has 0 unspecified atom stereocenters. The van der Waals surface area contributed by atoms with Crippen LogP contribution in [0, 0.1) is 11.3 Å². The van der Waals surface area contributed by atoms with Gasteiger partial charge in [0.05, 0.1) is 17.9 Å². The molecule has 0 amide bonds. The number of nitrogens with one attached hydrogen (secondary N) is 2. The highest BCUT2D eigenvalue weighted by Gasteiger charge is 2.16. The molecule has 3 rings (SSSR count). The number of rotatable bonds is 9. The van der Waals surface area contributed by atoms with Crippen LogP contribution in [0.4, 0.5) is 5.82 Å². The van der Waals surface area contributed by atoms with E-state index in [2.05, 4.69) is 52.8 Å². The Morgan fingerprint density at radius 2 is 1.94 bits per heavy atom. The van der Waals surface area contributed by atoms with E-state index in [9.17, 15) is 5.26 Å². The van der Waals surface area contributed by atoms with Crippen LogP contribution < -0.4 is 16.4 Å². The molecule has 7 nitrogen and oxygen atoms in total. The van der Waals surface area contributed by atoms with Crippen molar-refractivity contribution < 1.29 is 0 Å². The van der Waals surface area contributed by atoms with Crippen molar-refractivity contribution in [3.05, 3.63) is 63.5 Å². The number of anilines is 1. The Balaban J connectivity index is 1.58. The molecule has 1 aromatic carbocycles. The fourth-order valence-electron chi connectivity index (χ4n) is 3.20. The lowest BCUT2D eigenvalue weighted by molar-refractivity contribution is 0.723. The quantitative estimate of drug-likeness (QED) is 0.270. The second-order valence-electron chi connectivity index (χ2n) is 7.01. The van der Waals surface area contributed by atoms with Crippen LogP contribution in [-0.4, -0.2) is 28.8 Å². The number of aliphatic imine (C=N–C) groups is 1. The largest absolute Gasteiger partial charge is 0.382 e. The van der Waals surface area contributed by atoms with Gasteiger partial charge in [-0.05, 0) is 50.5 Å². The normalized spacial score (nSPS) is 11.3. The van der Waals surface area contributed by atoms with Crippen LogP contribution in [0.25, 0.3) is 5.69 Å². The van der Waals surface area contributed by atoms with Crippen LogP contribution in [0.1, 0.15) is 41.3 Å². The lowest BCUT2D eigenvalue weighted by Gasteiger charge is -2.10. The fourth-order valence-corrected chi connectivity index (χ4v) is 4.08. The maximum Gasteiger partial charge on any atom is 0.191 e. The number of nitrogen functional groups attached to an aromatic ring is 1. The number of thiophene rings is 1. The zero-order valence-electron chi connectivity index (χ0n) is 18.1. The first kappa shape index (κ1) is 22.4. The molecule has 0 spiro atoms. The highest BCUT2D eigenvalue weighted by molar-refractivity contribution is 7.11. The second kappa shape index (κ2) is 11.2. The summed E-state index contributed by atoms with van der Waals surface area (Å²) in [6.45, 7) is 6.40. The van der Waals surface area contributed by atoms with E-state index in [1.165, 1.54) is 9.75 Å². The SMILES string of the molecule is CCNC(=NCc1ccc(CC)s1)NCCCc1nn(-c2ccccc2)c(N)c1C#N. The molecule has 0 aliphatic carbocycles. The predicted octanol–water partition coefficient (Wildman–Crippen LogP) is 3.64. The maximum absolute atomic E-state index is 9.54. The van der Waals surface area contributed by atoms with Crippen molar-refractivity contribution in [1.29, 1.82) is 5.26 Å². The molecular weight excluding hydrogens is 406 g/mol. The molecule has 0 fully saturated rings. The minimum atomic E-state index is 0.383. The maximum atomic E-state index is 9.54. The monoisotopic (exact) mass is 435 g/mol. The van der Waals surface area contributed by atoms with Gasteiger partial charge in [0.25, 0.3) is 0 Å². The van der Waals surface area contributed by atoms with Gasteiger partial charge in [-0.15, -0.1) is 11.3 Å². The minimum absolute atomic E-state index is 0.383. The lowest BCUT2D eigenvalue weighted by Crippen LogP contribution is -2.37. The van der Waals surface area contributed by atoms with Gasteiger partial charge in [-0.2, -0.15) is 10.4 Å². The standard InChI is InChI=1S/C23H29N7S/c1-3-18-12-13-19(31-18)16-28-23(26-4-2)27-14-8-11-21-20(15-24)22(25)30(29-21)17-9-6-5-7-10-17/h5-7,9-10,12-13H,3-4,8,11,14,16,25H2,1-2H3,(H2,26,27,28). The average Bonchev–Trinajstić information content (AvgIpc) is 3.39. The minimum Gasteiger partial charge on any atom is -0.382 e. The smallest absolute Gasteiger partial charge is 0.191 e. The number of para-hydroxylation sites is 1. The summed E-state index contributed by atoms with van der Waals surface area (Å²) in [5.74, 6) is 1.18. The number of nitrogens with two attached hydrogens (primary N) is 1. The van der Waals surface area contributed by atoms with E-state index in [1.807, 2.05) is 41.7 Å². The third kappa shape index (κ3) is 5.86. The number of nitrogens with zero attached hydrogens (tertiary/aromatic N) is 4. The highest BCUT2D eigenvalue weighted by atomic mass is 32.1. The van der Waals surface area contributed by atoms with Crippen molar-refractivity contribution in [2.24, 2.45) is 4.99 Å². The number of hydrogen-bond acceptors (Lipinski definition) is 5. The van der Waals surface area contributed by atoms with Crippen LogP contribution in [0.2, 0.25) is 0 Å². The van der Waals surface area contributed by atoms with Gasteiger partial charge < -0.3 is 16.4 Å². The Morgan fingerprint density at radius 3 is 2.61 bits per heavy atom. The summed E-state index contributed by atoms with van der Waals surface area (Å²) in [5.41, 5.74) is 8.20. The summed E-state index contributed by atoms with van der Waals surface area (Å²) < 4.78 is 1.64. The lowest BCUT2D eigenvalue weighted by atomic mass is 10.1. The van der Waals surface area contributed by atoms with E-state index in [1.54, 1.807) is 4.68 Å². The number of hydrogen-bond donors (Lipinski definition) is 3. The molecule has 162 valence electrons. The van der Waals surface area contributed by atoms with Crippen molar-refractivity contribution in [2.45, 2.75) is 39.7 Å². The van der Waals surface area contributed by atoms with E-state index in [4.69, 9.17) is 5.73 Å². The van der Waals surface area contributed by atoms with Gasteiger partial charge in [-0.3, -0.25) is 0 Å². The Bertz CT molecular complexity index is 1040. The van der Waals surface area contributed by atoms with Gasteiger partial charge in [0, 0.05) is 22.8 Å². The van der Waals surface area contributed by atoms with Gasteiger partial charge in [0.1, 0.15) is 17.5 Å². The Hall–Kier alpha value is -3.31. The van der Waals surface area contributed by atoms with E-state index < -0.39 is 0 Å². The van der Waals surface area contributed by atoms with E-state index in [0.717, 1.165) is 43.3 Å². The summed E-state index contributed by atoms with van der Waals surface area (Å²) in [6.07, 6.45) is 2.52. The zero-order valence-corrected chi connectivity index (χ0v) is 18.9. The molecule has 31 heavy (non-hydrogen) atoms. The van der Waals surface area contributed by atoms with Gasteiger partial charge in [0.15, 0.2) is 5.96 Å². The number of nitriles is 1. The summed E-state index contributed by atoms with van der Waals surface area (Å²) in [5, 5.41) is 20.8. The molecule has 0 saturated heterocycles. The third-order valence-corrected chi connectivity index (χ3v) is 6.01. The van der Waals surface area contributed by atoms with Crippen LogP contribution in [0.15, 0.2) is 47.5 Å². The molecule has 0 atom stereocenters. The van der Waals surface area contributed by atoms with Crippen molar-refractivity contribution in [3.8, 4) is 11.8 Å². The Morgan fingerprint density at radius 1 is 1.16 bits per heavy atom. The van der Waals surface area contributed by atoms with Gasteiger partial charge in [-0.1, -0.05) is 25.1 Å². The summed E-state index contributed by atoms with van der Waals surface area (Å²) >= 11 is 1.81. The molecule has 8 heteroatoms. The summed E-state index contributed by atoms with van der Waals surface area (Å²) in [4.78, 5) is 7.32. The van der Waals surface area contributed by atoms with Gasteiger partial charge in [0.2, 0.25) is 0 Å². The van der Waals surface area contributed by atoms with Crippen molar-refractivity contribution >= 4 is 23.1 Å². The van der Waals surface area contributed by atoms with Crippen molar-refractivity contribution in [1.82, 2.24) is 20.4 Å². The molecule has 3 aromatic rings. The molecule has 0 aliphatic rings. The molecule has 4 N–H and O–H groups in total. The van der Waals surface area contributed by atoms with Crippen LogP contribution in [0.5, 0.6) is 0 Å². The third-order valence-electron chi connectivity index (χ3n) is 4.79. The first-order chi connectivity index (χ1) is 15.2. The fraction of sp³-hybridized carbons (Fsp3) is 0.348. The van der Waals surface area contributed by atoms with Gasteiger partial charge in [-0.25, -0.2) is 9.67 Å². The number of aryl methyl sites for hydroxylation is 2. The van der Waals surface area contributed by atoms with E-state index in [0.29, 0.717) is 24.3 Å². The molecule has 0 radical (unpaired) electrons. The summed E-state index contributed by atoms with van der Waals surface area (Å²) in [6, 6.07) is 16.2. The summed E-state index contributed by atoms with van der Waals surface area (Å²) in [7, 11) is 0. The Labute approximate surface area is 187 Å². The molecule has 0 aliphatic heterocycles. The zero-order chi connectivity index (χ0) is 22.1. The van der Waals surface area contributed by atoms with E-state index in [-0.39, 0.29) is 0 Å². The first-order valence-electron chi connectivity index (χ1n) is 10.6. The second-order valence-corrected chi connectivity index (χ2v) is 8.27. The molecule has 2 aromatic heterocycles. The van der Waals surface area contributed by atoms with Crippen LogP contribution in [0.3, 0.4) is 0 Å². The molecule has 2 heterocycles. The topological polar surface area (TPSA) is 104 Å². The molecule has 0 bridgehead atoms. The predicted molar refractivity (Wildman–Crippen MR) is 128 cm³/mol. The highest BCUT2D eigenvalue weighted by Crippen LogP contribution is 2.21. The number of aromatic nitrogens is 2. The van der Waals surface area contributed by atoms with Crippen molar-refractivity contribution in [3.63, 3.8) is 0 Å². The van der Waals surface area contributed by atoms with Crippen molar-refractivity contribution in [2.75, 3.05) is 18.8 Å². The van der Waals surface area contributed by atoms with Crippen LogP contribution >= 0.6 is 11.3 Å². The van der Waals surface area contributed by atoms with Crippen LogP contribution in [-0.2, 0) is 19.4 Å². The number of guanidine groups is 1. The average molecular weight is 436 g/mol. The Kier molecular flexibility index (Phi) is 8.07. The molecular formula is C23H29N7S.